The van der Waals surface area contributed by atoms with Crippen LogP contribution >= 0.6 is 12.4 Å². The van der Waals surface area contributed by atoms with Crippen LogP contribution in [-0.4, -0.2) is 54.0 Å². The normalized spacial score (nSPS) is 21.7. The summed E-state index contributed by atoms with van der Waals surface area (Å²) < 4.78 is 0. The molecule has 0 bridgehead atoms. The predicted molar refractivity (Wildman–Crippen MR) is 85.7 cm³/mol. The first-order valence-electron chi connectivity index (χ1n) is 7.28. The van der Waals surface area contributed by atoms with Gasteiger partial charge in [-0.15, -0.1) is 12.4 Å². The Morgan fingerprint density at radius 1 is 1.32 bits per heavy atom. The third-order valence-corrected chi connectivity index (χ3v) is 4.21. The minimum absolute atomic E-state index is 0. The maximum absolute atomic E-state index is 12.4. The van der Waals surface area contributed by atoms with Gasteiger partial charge in [-0.05, 0) is 5.56 Å². The number of carbonyl (C=O) groups excluding carboxylic acids is 2. The van der Waals surface area contributed by atoms with Gasteiger partial charge in [-0.1, -0.05) is 30.3 Å². The molecule has 0 saturated carbocycles. The lowest BCUT2D eigenvalue weighted by molar-refractivity contribution is -0.133. The van der Waals surface area contributed by atoms with Gasteiger partial charge in [0.15, 0.2) is 0 Å². The van der Waals surface area contributed by atoms with Crippen molar-refractivity contribution in [3.8, 4) is 0 Å². The van der Waals surface area contributed by atoms with Gasteiger partial charge in [0, 0.05) is 38.6 Å². The highest BCUT2D eigenvalue weighted by atomic mass is 35.5. The monoisotopic (exact) mass is 324 g/mol. The van der Waals surface area contributed by atoms with Crippen molar-refractivity contribution in [1.82, 2.24) is 15.1 Å². The summed E-state index contributed by atoms with van der Waals surface area (Å²) in [5.74, 6) is 0.0605. The van der Waals surface area contributed by atoms with E-state index < -0.39 is 0 Å². The van der Waals surface area contributed by atoms with E-state index >= 15 is 0 Å². The van der Waals surface area contributed by atoms with Gasteiger partial charge in [-0.2, -0.15) is 0 Å². The van der Waals surface area contributed by atoms with E-state index in [2.05, 4.69) is 5.32 Å². The molecule has 0 radical (unpaired) electrons. The summed E-state index contributed by atoms with van der Waals surface area (Å²) in [7, 11) is 0. The number of urea groups is 1. The third kappa shape index (κ3) is 3.34. The number of fused-ring (bicyclic) bond motifs is 1. The lowest BCUT2D eigenvalue weighted by atomic mass is 10.0. The zero-order valence-corrected chi connectivity index (χ0v) is 13.1. The first-order chi connectivity index (χ1) is 10.1. The summed E-state index contributed by atoms with van der Waals surface area (Å²) in [6.45, 7) is 2.40. The molecule has 0 aliphatic carbocycles. The van der Waals surface area contributed by atoms with Crippen LogP contribution in [0.25, 0.3) is 0 Å². The standard InChI is InChI=1S/C15H20N4O2.ClH/c16-13(11-4-2-1-3-5-11)8-14(20)18-6-7-19-12(10-18)9-17-15(19)21;/h1-5,12-13H,6-10,16H2,(H,17,21);1H. The number of hydrogen-bond acceptors (Lipinski definition) is 3. The van der Waals surface area contributed by atoms with Crippen LogP contribution in [0.1, 0.15) is 18.0 Å². The van der Waals surface area contributed by atoms with Crippen LogP contribution in [0, 0.1) is 0 Å². The molecular weight excluding hydrogens is 304 g/mol. The zero-order chi connectivity index (χ0) is 14.8. The molecule has 3 amide bonds. The number of nitrogens with two attached hydrogens (primary N) is 1. The fraction of sp³-hybridized carbons (Fsp3) is 0.467. The first-order valence-corrected chi connectivity index (χ1v) is 7.28. The predicted octanol–water partition coefficient (Wildman–Crippen LogP) is 0.734. The van der Waals surface area contributed by atoms with Gasteiger partial charge in [0.1, 0.15) is 0 Å². The summed E-state index contributed by atoms with van der Waals surface area (Å²) in [6, 6.07) is 9.46. The number of hydrogen-bond donors (Lipinski definition) is 2. The molecule has 7 heteroatoms. The Balaban J connectivity index is 0.00000176. The number of halogens is 1. The molecule has 6 nitrogen and oxygen atoms in total. The minimum atomic E-state index is -0.278. The molecule has 2 aliphatic heterocycles. The summed E-state index contributed by atoms with van der Waals surface area (Å²) in [5, 5.41) is 2.81. The lowest BCUT2D eigenvalue weighted by Crippen LogP contribution is -2.54. The molecule has 2 atom stereocenters. The molecule has 2 fully saturated rings. The molecule has 2 saturated heterocycles. The van der Waals surface area contributed by atoms with Crippen LogP contribution in [-0.2, 0) is 4.79 Å². The number of rotatable bonds is 3. The molecule has 1 aromatic rings. The molecule has 2 heterocycles. The summed E-state index contributed by atoms with van der Waals surface area (Å²) in [6.07, 6.45) is 0.304. The number of piperazine rings is 1. The SMILES string of the molecule is Cl.NC(CC(=O)N1CCN2C(=O)NCC2C1)c1ccccc1. The minimum Gasteiger partial charge on any atom is -0.339 e. The quantitative estimate of drug-likeness (QED) is 0.860. The van der Waals surface area contributed by atoms with Gasteiger partial charge in [-0.25, -0.2) is 4.79 Å². The maximum Gasteiger partial charge on any atom is 0.317 e. The van der Waals surface area contributed by atoms with E-state index in [1.54, 1.807) is 4.90 Å². The Bertz CT molecular complexity index is 540. The number of benzene rings is 1. The summed E-state index contributed by atoms with van der Waals surface area (Å²) in [5.41, 5.74) is 7.08. The molecule has 3 N–H and O–H groups in total. The van der Waals surface area contributed by atoms with E-state index in [4.69, 9.17) is 5.73 Å². The van der Waals surface area contributed by atoms with Crippen LogP contribution in [0.2, 0.25) is 0 Å². The van der Waals surface area contributed by atoms with Crippen molar-refractivity contribution in [3.05, 3.63) is 35.9 Å². The van der Waals surface area contributed by atoms with Crippen molar-refractivity contribution in [2.75, 3.05) is 26.2 Å². The molecule has 0 spiro atoms. The van der Waals surface area contributed by atoms with Gasteiger partial charge >= 0.3 is 6.03 Å². The van der Waals surface area contributed by atoms with Crippen molar-refractivity contribution in [2.24, 2.45) is 5.73 Å². The fourth-order valence-corrected chi connectivity index (χ4v) is 2.97. The molecule has 120 valence electrons. The Hall–Kier alpha value is -1.79. The van der Waals surface area contributed by atoms with Gasteiger partial charge in [-0.3, -0.25) is 4.79 Å². The highest BCUT2D eigenvalue weighted by molar-refractivity contribution is 5.85. The van der Waals surface area contributed by atoms with Gasteiger partial charge in [0.05, 0.1) is 6.04 Å². The van der Waals surface area contributed by atoms with Gasteiger partial charge in [0.2, 0.25) is 5.91 Å². The second kappa shape index (κ2) is 6.98. The highest BCUT2D eigenvalue weighted by Crippen LogP contribution is 2.18. The largest absolute Gasteiger partial charge is 0.339 e. The van der Waals surface area contributed by atoms with Crippen molar-refractivity contribution >= 4 is 24.3 Å². The van der Waals surface area contributed by atoms with Crippen LogP contribution in [0.15, 0.2) is 30.3 Å². The van der Waals surface area contributed by atoms with E-state index in [1.807, 2.05) is 35.2 Å². The first kappa shape index (κ1) is 16.6. The molecule has 22 heavy (non-hydrogen) atoms. The number of amides is 3. The zero-order valence-electron chi connectivity index (χ0n) is 12.3. The second-order valence-corrected chi connectivity index (χ2v) is 5.59. The van der Waals surface area contributed by atoms with Crippen LogP contribution in [0.5, 0.6) is 0 Å². The van der Waals surface area contributed by atoms with Crippen LogP contribution in [0.3, 0.4) is 0 Å². The molecular formula is C15H21ClN4O2. The van der Waals surface area contributed by atoms with E-state index in [0.717, 1.165) is 5.56 Å². The maximum atomic E-state index is 12.4. The third-order valence-electron chi connectivity index (χ3n) is 4.21. The van der Waals surface area contributed by atoms with Crippen molar-refractivity contribution in [3.63, 3.8) is 0 Å². The summed E-state index contributed by atoms with van der Waals surface area (Å²) >= 11 is 0. The molecule has 3 rings (SSSR count). The topological polar surface area (TPSA) is 78.7 Å². The molecule has 2 aliphatic rings. The second-order valence-electron chi connectivity index (χ2n) is 5.59. The van der Waals surface area contributed by atoms with E-state index in [9.17, 15) is 9.59 Å². The van der Waals surface area contributed by atoms with Crippen LogP contribution in [0.4, 0.5) is 4.79 Å². The number of nitrogens with zero attached hydrogens (tertiary/aromatic N) is 2. The number of carbonyl (C=O) groups is 2. The fourth-order valence-electron chi connectivity index (χ4n) is 2.97. The van der Waals surface area contributed by atoms with Crippen molar-refractivity contribution < 1.29 is 9.59 Å². The molecule has 0 aromatic heterocycles. The Kier molecular flexibility index (Phi) is 5.26. The van der Waals surface area contributed by atoms with E-state index in [1.165, 1.54) is 0 Å². The van der Waals surface area contributed by atoms with Gasteiger partial charge < -0.3 is 20.9 Å². The lowest BCUT2D eigenvalue weighted by Gasteiger charge is -2.36. The van der Waals surface area contributed by atoms with Crippen LogP contribution < -0.4 is 11.1 Å². The van der Waals surface area contributed by atoms with Crippen molar-refractivity contribution in [2.45, 2.75) is 18.5 Å². The van der Waals surface area contributed by atoms with Crippen molar-refractivity contribution in [1.29, 1.82) is 0 Å². The van der Waals surface area contributed by atoms with Gasteiger partial charge in [0.25, 0.3) is 0 Å². The van der Waals surface area contributed by atoms with E-state index in [-0.39, 0.29) is 36.4 Å². The Morgan fingerprint density at radius 2 is 2.05 bits per heavy atom. The van der Waals surface area contributed by atoms with E-state index in [0.29, 0.717) is 32.6 Å². The number of nitrogens with one attached hydrogen (secondary N) is 1. The average Bonchev–Trinajstić information content (AvgIpc) is 2.89. The smallest absolute Gasteiger partial charge is 0.317 e. The highest BCUT2D eigenvalue weighted by Gasteiger charge is 2.36. The molecule has 1 aromatic carbocycles. The molecule has 2 unspecified atom stereocenters. The summed E-state index contributed by atoms with van der Waals surface area (Å²) in [4.78, 5) is 27.5. The Morgan fingerprint density at radius 3 is 2.77 bits per heavy atom. The Labute approximate surface area is 136 Å². The average molecular weight is 325 g/mol.